The van der Waals surface area contributed by atoms with Crippen molar-refractivity contribution in [1.29, 1.82) is 0 Å². The molecule has 2 N–H and O–H groups in total. The summed E-state index contributed by atoms with van der Waals surface area (Å²) in [5.41, 5.74) is -0.870. The molecule has 0 radical (unpaired) electrons. The molecular formula is C28H46N4O6. The Morgan fingerprint density at radius 3 is 2.29 bits per heavy atom. The Morgan fingerprint density at radius 1 is 1.18 bits per heavy atom. The SMILES string of the molecule is C=CCNC(=O)C(=O)[C@@H](CCC)NC(=O)[C@@H]1C2C(CN1C(=O)[C@H](C(C)C)N(C)C(=O)OC(C)(C)C)C2(C)C. The molecule has 1 heterocycles. The highest BCUT2D eigenvalue weighted by atomic mass is 16.6. The van der Waals surface area contributed by atoms with Crippen molar-refractivity contribution in [3.05, 3.63) is 12.7 Å². The van der Waals surface area contributed by atoms with E-state index in [0.717, 1.165) is 0 Å². The first-order valence-corrected chi connectivity index (χ1v) is 13.5. The Balaban J connectivity index is 2.31. The maximum absolute atomic E-state index is 13.9. The number of hydrogen-bond acceptors (Lipinski definition) is 6. The first-order chi connectivity index (χ1) is 17.5. The predicted octanol–water partition coefficient (Wildman–Crippen LogP) is 2.52. The molecule has 1 saturated heterocycles. The lowest BCUT2D eigenvalue weighted by Crippen LogP contribution is -2.59. The van der Waals surface area contributed by atoms with E-state index in [1.807, 2.05) is 20.8 Å². The van der Waals surface area contributed by atoms with Crippen molar-refractivity contribution in [2.24, 2.45) is 23.2 Å². The lowest BCUT2D eigenvalue weighted by atomic mass is 9.96. The van der Waals surface area contributed by atoms with Gasteiger partial charge in [0.1, 0.15) is 17.7 Å². The molecule has 2 aliphatic rings. The van der Waals surface area contributed by atoms with Crippen LogP contribution in [0.5, 0.6) is 0 Å². The van der Waals surface area contributed by atoms with Crippen LogP contribution < -0.4 is 10.6 Å². The van der Waals surface area contributed by atoms with Crippen LogP contribution in [0.1, 0.15) is 68.2 Å². The number of carbonyl (C=O) groups excluding carboxylic acids is 5. The average molecular weight is 535 g/mol. The maximum atomic E-state index is 13.9. The zero-order valence-electron chi connectivity index (χ0n) is 24.4. The largest absolute Gasteiger partial charge is 0.444 e. The fourth-order valence-electron chi connectivity index (χ4n) is 5.55. The van der Waals surface area contributed by atoms with Gasteiger partial charge in [-0.1, -0.05) is 47.1 Å². The van der Waals surface area contributed by atoms with Crippen molar-refractivity contribution in [1.82, 2.24) is 20.4 Å². The first kappa shape index (κ1) is 31.3. The number of likely N-dealkylation sites (N-methyl/N-ethyl adjacent to an activating group) is 1. The van der Waals surface area contributed by atoms with Crippen LogP contribution in [-0.4, -0.2) is 83.3 Å². The van der Waals surface area contributed by atoms with Gasteiger partial charge in [0.25, 0.3) is 5.91 Å². The summed E-state index contributed by atoms with van der Waals surface area (Å²) in [6.07, 6.45) is 1.72. The van der Waals surface area contributed by atoms with Crippen LogP contribution >= 0.6 is 0 Å². The predicted molar refractivity (Wildman–Crippen MR) is 144 cm³/mol. The number of carbonyl (C=O) groups is 5. The lowest BCUT2D eigenvalue weighted by Gasteiger charge is -2.38. The van der Waals surface area contributed by atoms with Crippen molar-refractivity contribution < 1.29 is 28.7 Å². The molecule has 0 aromatic carbocycles. The second kappa shape index (κ2) is 11.9. The number of hydrogen-bond donors (Lipinski definition) is 2. The van der Waals surface area contributed by atoms with E-state index in [2.05, 4.69) is 31.1 Å². The number of ether oxygens (including phenoxy) is 1. The monoisotopic (exact) mass is 534 g/mol. The van der Waals surface area contributed by atoms with Crippen LogP contribution in [0, 0.1) is 23.2 Å². The van der Waals surface area contributed by atoms with Crippen molar-refractivity contribution in [3.8, 4) is 0 Å². The Bertz CT molecular complexity index is 953. The summed E-state index contributed by atoms with van der Waals surface area (Å²) < 4.78 is 5.49. The zero-order valence-corrected chi connectivity index (χ0v) is 24.4. The van der Waals surface area contributed by atoms with Crippen LogP contribution in [0.4, 0.5) is 4.79 Å². The molecule has 1 aliphatic carbocycles. The van der Waals surface area contributed by atoms with Crippen molar-refractivity contribution in [2.75, 3.05) is 20.1 Å². The molecule has 5 atom stereocenters. The number of Topliss-reactive ketones (excluding diaryl/α,β-unsaturated/α-hetero) is 1. The lowest BCUT2D eigenvalue weighted by molar-refractivity contribution is -0.146. The van der Waals surface area contributed by atoms with Gasteiger partial charge >= 0.3 is 6.09 Å². The summed E-state index contributed by atoms with van der Waals surface area (Å²) in [6.45, 7) is 19.0. The van der Waals surface area contributed by atoms with Crippen LogP contribution in [-0.2, 0) is 23.9 Å². The second-order valence-corrected chi connectivity index (χ2v) is 12.4. The normalized spacial score (nSPS) is 23.1. The molecule has 1 saturated carbocycles. The molecule has 0 bridgehead atoms. The Hall–Kier alpha value is -2.91. The third kappa shape index (κ3) is 6.74. The van der Waals surface area contributed by atoms with Crippen molar-refractivity contribution >= 4 is 29.6 Å². The molecule has 0 aromatic rings. The molecule has 2 rings (SSSR count). The number of fused-ring (bicyclic) bond motifs is 1. The molecular weight excluding hydrogens is 488 g/mol. The van der Waals surface area contributed by atoms with Crippen LogP contribution in [0.15, 0.2) is 12.7 Å². The van der Waals surface area contributed by atoms with E-state index in [0.29, 0.717) is 19.4 Å². The number of ketones is 1. The molecule has 10 nitrogen and oxygen atoms in total. The van der Waals surface area contributed by atoms with E-state index in [-0.39, 0.29) is 35.6 Å². The number of amides is 4. The highest BCUT2D eigenvalue weighted by Gasteiger charge is 2.69. The summed E-state index contributed by atoms with van der Waals surface area (Å²) in [4.78, 5) is 68.4. The molecule has 0 spiro atoms. The quantitative estimate of drug-likeness (QED) is 0.310. The summed E-state index contributed by atoms with van der Waals surface area (Å²) in [5.74, 6) is -2.51. The molecule has 4 amide bonds. The Kier molecular flexibility index (Phi) is 9.78. The summed E-state index contributed by atoms with van der Waals surface area (Å²) in [7, 11) is 1.53. The molecule has 2 unspecified atom stereocenters. The van der Waals surface area contributed by atoms with E-state index >= 15 is 0 Å². The minimum atomic E-state index is -1.000. The summed E-state index contributed by atoms with van der Waals surface area (Å²) in [6, 6.07) is -2.64. The molecule has 0 aromatic heterocycles. The van der Waals surface area contributed by atoms with Gasteiger partial charge < -0.3 is 20.3 Å². The number of nitrogens with one attached hydrogen (secondary N) is 2. The molecule has 38 heavy (non-hydrogen) atoms. The van der Waals surface area contributed by atoms with E-state index in [1.165, 1.54) is 18.0 Å². The fraction of sp³-hybridized carbons (Fsp3) is 0.750. The van der Waals surface area contributed by atoms with Crippen LogP contribution in [0.25, 0.3) is 0 Å². The Morgan fingerprint density at radius 2 is 1.79 bits per heavy atom. The fourth-order valence-corrected chi connectivity index (χ4v) is 5.55. The van der Waals surface area contributed by atoms with E-state index < -0.39 is 47.4 Å². The number of piperidine rings is 1. The number of nitrogens with zero attached hydrogens (tertiary/aromatic N) is 2. The highest BCUT2D eigenvalue weighted by molar-refractivity contribution is 6.38. The van der Waals surface area contributed by atoms with Gasteiger partial charge in [-0.05, 0) is 50.4 Å². The van der Waals surface area contributed by atoms with E-state index in [1.54, 1.807) is 25.7 Å². The van der Waals surface area contributed by atoms with Crippen LogP contribution in [0.3, 0.4) is 0 Å². The highest BCUT2D eigenvalue weighted by Crippen LogP contribution is 2.65. The van der Waals surface area contributed by atoms with Crippen LogP contribution in [0.2, 0.25) is 0 Å². The third-order valence-corrected chi connectivity index (χ3v) is 7.58. The smallest absolute Gasteiger partial charge is 0.410 e. The van der Waals surface area contributed by atoms with Gasteiger partial charge in [-0.25, -0.2) is 4.79 Å². The maximum Gasteiger partial charge on any atom is 0.410 e. The molecule has 10 heteroatoms. The van der Waals surface area contributed by atoms with Gasteiger partial charge in [-0.2, -0.15) is 0 Å². The summed E-state index contributed by atoms with van der Waals surface area (Å²) >= 11 is 0. The number of rotatable bonds is 11. The van der Waals surface area contributed by atoms with Crippen molar-refractivity contribution in [3.63, 3.8) is 0 Å². The molecule has 1 aliphatic heterocycles. The number of likely N-dealkylation sites (tertiary alicyclic amines) is 1. The van der Waals surface area contributed by atoms with E-state index in [9.17, 15) is 24.0 Å². The standard InChI is InChI=1S/C28H46N4O6/c1-11-13-18(22(33)24(35)29-14-12-2)30-23(34)21-19-17(28(19,8)9)15-32(21)25(36)20(16(3)4)31(10)26(37)38-27(5,6)7/h12,16-21H,2,11,13-15H2,1,3-10H3,(H,29,35)(H,30,34)/t17?,18-,19?,20+,21+/m1/s1. The molecule has 2 fully saturated rings. The van der Waals surface area contributed by atoms with E-state index in [4.69, 9.17) is 4.74 Å². The van der Waals surface area contributed by atoms with Gasteiger partial charge in [-0.3, -0.25) is 24.1 Å². The molecule has 214 valence electrons. The Labute approximate surface area is 226 Å². The topological polar surface area (TPSA) is 125 Å². The van der Waals surface area contributed by atoms with Gasteiger partial charge in [0.15, 0.2) is 0 Å². The minimum Gasteiger partial charge on any atom is -0.444 e. The first-order valence-electron chi connectivity index (χ1n) is 13.5. The van der Waals surface area contributed by atoms with Gasteiger partial charge in [0.2, 0.25) is 17.6 Å². The van der Waals surface area contributed by atoms with Gasteiger partial charge in [-0.15, -0.1) is 6.58 Å². The minimum absolute atomic E-state index is 0.0851. The second-order valence-electron chi connectivity index (χ2n) is 12.4. The summed E-state index contributed by atoms with van der Waals surface area (Å²) in [5, 5.41) is 5.24. The zero-order chi connectivity index (χ0) is 29.2. The van der Waals surface area contributed by atoms with Gasteiger partial charge in [0, 0.05) is 20.1 Å². The van der Waals surface area contributed by atoms with Crippen molar-refractivity contribution in [2.45, 2.75) is 92.0 Å². The van der Waals surface area contributed by atoms with Gasteiger partial charge in [0.05, 0.1) is 6.04 Å². The average Bonchev–Trinajstić information content (AvgIpc) is 3.14. The third-order valence-electron chi connectivity index (χ3n) is 7.58.